The lowest BCUT2D eigenvalue weighted by Crippen LogP contribution is -2.49. The molecule has 9 heteroatoms. The average molecular weight is 429 g/mol. The van der Waals surface area contributed by atoms with Crippen LogP contribution in [0.3, 0.4) is 0 Å². The number of carbonyl (C=O) groups is 1. The Morgan fingerprint density at radius 2 is 1.80 bits per heavy atom. The Morgan fingerprint density at radius 1 is 1.13 bits per heavy atom. The number of nitrogens with zero attached hydrogens (tertiary/aromatic N) is 3. The number of aromatic nitrogens is 2. The molecule has 0 aliphatic heterocycles. The van der Waals surface area contributed by atoms with Crippen molar-refractivity contribution in [2.24, 2.45) is 0 Å². The van der Waals surface area contributed by atoms with Crippen LogP contribution in [0.4, 0.5) is 5.69 Å². The second-order valence-corrected chi connectivity index (χ2v) is 8.77. The van der Waals surface area contributed by atoms with Crippen molar-refractivity contribution in [2.75, 3.05) is 10.6 Å². The van der Waals surface area contributed by atoms with Crippen molar-refractivity contribution in [3.05, 3.63) is 66.1 Å². The molecule has 0 saturated heterocycles. The molecular weight excluding hydrogens is 404 g/mol. The molecule has 30 heavy (non-hydrogen) atoms. The summed E-state index contributed by atoms with van der Waals surface area (Å²) in [4.78, 5) is 17.1. The third-order valence-electron chi connectivity index (χ3n) is 4.53. The van der Waals surface area contributed by atoms with Crippen molar-refractivity contribution in [1.29, 1.82) is 0 Å². The minimum atomic E-state index is -3.68. The van der Waals surface area contributed by atoms with E-state index in [-0.39, 0.29) is 12.4 Å². The second-order valence-electron chi connectivity index (χ2n) is 6.91. The lowest BCUT2D eigenvalue weighted by Gasteiger charge is -2.30. The van der Waals surface area contributed by atoms with E-state index in [1.54, 1.807) is 19.1 Å². The molecule has 1 N–H and O–H groups in total. The standard InChI is InChI=1S/C21H24N4O4S/c1-4-18(25(30(3,27)28)17-12-10-15(2)11-13-17)21(26)22-14-19-23-20(24-29-19)16-8-6-5-7-9-16/h5-13,18H,4,14H2,1-3H3,(H,22,26)/t18-/m0/s1. The van der Waals surface area contributed by atoms with Crippen molar-refractivity contribution in [2.45, 2.75) is 32.9 Å². The fourth-order valence-corrected chi connectivity index (χ4v) is 4.28. The van der Waals surface area contributed by atoms with E-state index in [0.717, 1.165) is 21.7 Å². The first kappa shape index (κ1) is 21.5. The number of hydrogen-bond acceptors (Lipinski definition) is 6. The molecule has 8 nitrogen and oxygen atoms in total. The first-order valence-corrected chi connectivity index (χ1v) is 11.4. The van der Waals surface area contributed by atoms with Gasteiger partial charge in [0, 0.05) is 5.56 Å². The minimum absolute atomic E-state index is 0.000661. The lowest BCUT2D eigenvalue weighted by molar-refractivity contribution is -0.122. The van der Waals surface area contributed by atoms with Gasteiger partial charge in [0.15, 0.2) is 0 Å². The molecule has 1 heterocycles. The first-order valence-electron chi connectivity index (χ1n) is 9.51. The highest BCUT2D eigenvalue weighted by Crippen LogP contribution is 2.23. The van der Waals surface area contributed by atoms with Crippen LogP contribution in [-0.2, 0) is 21.4 Å². The Balaban J connectivity index is 1.75. The molecular formula is C21H24N4O4S. The van der Waals surface area contributed by atoms with Gasteiger partial charge in [-0.05, 0) is 25.5 Å². The molecule has 0 unspecified atom stereocenters. The number of aryl methyl sites for hydroxylation is 1. The highest BCUT2D eigenvalue weighted by Gasteiger charge is 2.31. The van der Waals surface area contributed by atoms with E-state index in [1.165, 1.54) is 0 Å². The van der Waals surface area contributed by atoms with Gasteiger partial charge in [-0.1, -0.05) is 60.1 Å². The number of benzene rings is 2. The molecule has 1 amide bonds. The molecule has 2 aromatic carbocycles. The molecule has 3 rings (SSSR count). The predicted octanol–water partition coefficient (Wildman–Crippen LogP) is 2.91. The second kappa shape index (κ2) is 9.08. The maximum absolute atomic E-state index is 12.8. The number of carbonyl (C=O) groups excluding carboxylic acids is 1. The van der Waals surface area contributed by atoms with Gasteiger partial charge in [-0.2, -0.15) is 4.98 Å². The molecule has 0 spiro atoms. The molecule has 1 atom stereocenters. The molecule has 0 bridgehead atoms. The van der Waals surface area contributed by atoms with Crippen LogP contribution in [0.1, 0.15) is 24.8 Å². The van der Waals surface area contributed by atoms with Gasteiger partial charge in [-0.15, -0.1) is 0 Å². The van der Waals surface area contributed by atoms with E-state index in [4.69, 9.17) is 4.52 Å². The normalized spacial score (nSPS) is 12.4. The fraction of sp³-hybridized carbons (Fsp3) is 0.286. The lowest BCUT2D eigenvalue weighted by atomic mass is 10.1. The van der Waals surface area contributed by atoms with Crippen molar-refractivity contribution >= 4 is 21.6 Å². The summed E-state index contributed by atoms with van der Waals surface area (Å²) in [5.74, 6) is 0.213. The number of sulfonamides is 1. The molecule has 0 aliphatic carbocycles. The molecule has 0 saturated carbocycles. The summed E-state index contributed by atoms with van der Waals surface area (Å²) >= 11 is 0. The predicted molar refractivity (Wildman–Crippen MR) is 114 cm³/mol. The molecule has 1 aromatic heterocycles. The van der Waals surface area contributed by atoms with E-state index < -0.39 is 22.0 Å². The van der Waals surface area contributed by atoms with Crippen LogP contribution in [0.5, 0.6) is 0 Å². The zero-order chi connectivity index (χ0) is 21.7. The number of nitrogens with one attached hydrogen (secondary N) is 1. The van der Waals surface area contributed by atoms with Gasteiger partial charge in [-0.3, -0.25) is 9.10 Å². The summed E-state index contributed by atoms with van der Waals surface area (Å²) in [6.45, 7) is 3.67. The number of anilines is 1. The van der Waals surface area contributed by atoms with Crippen LogP contribution in [0.2, 0.25) is 0 Å². The summed E-state index contributed by atoms with van der Waals surface area (Å²) in [6, 6.07) is 15.4. The SMILES string of the molecule is CC[C@@H](C(=O)NCc1nc(-c2ccccc2)no1)N(c1ccc(C)cc1)S(C)(=O)=O. The molecule has 0 radical (unpaired) electrons. The van der Waals surface area contributed by atoms with E-state index >= 15 is 0 Å². The van der Waals surface area contributed by atoms with Crippen molar-refractivity contribution in [3.8, 4) is 11.4 Å². The average Bonchev–Trinajstić information content (AvgIpc) is 3.20. The van der Waals surface area contributed by atoms with Gasteiger partial charge in [0.25, 0.3) is 0 Å². The highest BCUT2D eigenvalue weighted by molar-refractivity contribution is 7.92. The van der Waals surface area contributed by atoms with Gasteiger partial charge < -0.3 is 9.84 Å². The monoisotopic (exact) mass is 428 g/mol. The third-order valence-corrected chi connectivity index (χ3v) is 5.71. The molecule has 158 valence electrons. The molecule has 3 aromatic rings. The van der Waals surface area contributed by atoms with Crippen LogP contribution in [0, 0.1) is 6.92 Å². The van der Waals surface area contributed by atoms with Crippen molar-refractivity contribution in [1.82, 2.24) is 15.5 Å². The number of amides is 1. The van der Waals surface area contributed by atoms with Crippen molar-refractivity contribution in [3.63, 3.8) is 0 Å². The number of rotatable bonds is 8. The summed E-state index contributed by atoms with van der Waals surface area (Å²) in [5.41, 5.74) is 2.23. The molecule has 0 aliphatic rings. The van der Waals surface area contributed by atoms with Crippen LogP contribution in [0.15, 0.2) is 59.1 Å². The largest absolute Gasteiger partial charge is 0.345 e. The summed E-state index contributed by atoms with van der Waals surface area (Å²) in [6.07, 6.45) is 1.39. The summed E-state index contributed by atoms with van der Waals surface area (Å²) in [7, 11) is -3.68. The van der Waals surface area contributed by atoms with Gasteiger partial charge in [0.05, 0.1) is 18.5 Å². The van der Waals surface area contributed by atoms with Gasteiger partial charge in [0.1, 0.15) is 6.04 Å². The minimum Gasteiger partial charge on any atom is -0.345 e. The Morgan fingerprint density at radius 3 is 2.40 bits per heavy atom. The van der Waals surface area contributed by atoms with E-state index in [2.05, 4.69) is 15.5 Å². The number of hydrogen-bond donors (Lipinski definition) is 1. The van der Waals surface area contributed by atoms with Gasteiger partial charge >= 0.3 is 0 Å². The summed E-state index contributed by atoms with van der Waals surface area (Å²) in [5, 5.41) is 6.62. The van der Waals surface area contributed by atoms with Crippen LogP contribution < -0.4 is 9.62 Å². The van der Waals surface area contributed by atoms with Gasteiger partial charge in [0.2, 0.25) is 27.6 Å². The fourth-order valence-electron chi connectivity index (χ4n) is 3.06. The van der Waals surface area contributed by atoms with Gasteiger partial charge in [-0.25, -0.2) is 8.42 Å². The zero-order valence-electron chi connectivity index (χ0n) is 17.1. The highest BCUT2D eigenvalue weighted by atomic mass is 32.2. The van der Waals surface area contributed by atoms with Crippen LogP contribution >= 0.6 is 0 Å². The third kappa shape index (κ3) is 5.04. The Labute approximate surface area is 176 Å². The van der Waals surface area contributed by atoms with Crippen LogP contribution in [0.25, 0.3) is 11.4 Å². The summed E-state index contributed by atoms with van der Waals surface area (Å²) < 4.78 is 31.3. The van der Waals surface area contributed by atoms with Crippen molar-refractivity contribution < 1.29 is 17.7 Å². The maximum Gasteiger partial charge on any atom is 0.246 e. The van der Waals surface area contributed by atoms with E-state index in [9.17, 15) is 13.2 Å². The van der Waals surface area contributed by atoms with Crippen LogP contribution in [-0.4, -0.2) is 36.8 Å². The smallest absolute Gasteiger partial charge is 0.246 e. The van der Waals surface area contributed by atoms with E-state index in [1.807, 2.05) is 49.4 Å². The quantitative estimate of drug-likeness (QED) is 0.591. The molecule has 0 fully saturated rings. The van der Waals surface area contributed by atoms with E-state index in [0.29, 0.717) is 17.9 Å². The Bertz CT molecular complexity index is 1100. The Kier molecular flexibility index (Phi) is 6.51. The zero-order valence-corrected chi connectivity index (χ0v) is 17.9. The maximum atomic E-state index is 12.8. The Hall–Kier alpha value is -3.20. The first-order chi connectivity index (χ1) is 14.3. The topological polar surface area (TPSA) is 105 Å².